The average molecular weight is 266 g/mol. The summed E-state index contributed by atoms with van der Waals surface area (Å²) in [6.07, 6.45) is -0.556. The molecule has 7 nitrogen and oxygen atoms in total. The highest BCUT2D eigenvalue weighted by molar-refractivity contribution is 5.74. The molecule has 0 bridgehead atoms. The summed E-state index contributed by atoms with van der Waals surface area (Å²) in [5.41, 5.74) is 0.417. The fraction of sp³-hybridized carbons (Fsp3) is 0.417. The highest BCUT2D eigenvalue weighted by atomic mass is 16.6. The van der Waals surface area contributed by atoms with Gasteiger partial charge in [-0.1, -0.05) is 18.2 Å². The predicted molar refractivity (Wildman–Crippen MR) is 65.6 cm³/mol. The van der Waals surface area contributed by atoms with Gasteiger partial charge in [0, 0.05) is 31.1 Å². The molecule has 1 aliphatic heterocycles. The van der Waals surface area contributed by atoms with Crippen LogP contribution in [0.2, 0.25) is 0 Å². The van der Waals surface area contributed by atoms with Crippen LogP contribution in [0, 0.1) is 10.1 Å². The maximum atomic E-state index is 11.1. The Hall–Kier alpha value is -1.99. The molecule has 2 atom stereocenters. The van der Waals surface area contributed by atoms with Crippen LogP contribution >= 0.6 is 0 Å². The van der Waals surface area contributed by atoms with Crippen LogP contribution in [0.4, 0.5) is 5.69 Å². The van der Waals surface area contributed by atoms with Gasteiger partial charge in [-0.15, -0.1) is 0 Å². The normalized spacial score (nSPS) is 23.4. The summed E-state index contributed by atoms with van der Waals surface area (Å²) in [7, 11) is 0. The lowest BCUT2D eigenvalue weighted by molar-refractivity contribution is -0.385. The van der Waals surface area contributed by atoms with Gasteiger partial charge in [-0.05, 0) is 0 Å². The van der Waals surface area contributed by atoms with Gasteiger partial charge in [-0.2, -0.15) is 0 Å². The van der Waals surface area contributed by atoms with Gasteiger partial charge in [0.2, 0.25) is 0 Å². The van der Waals surface area contributed by atoms with Crippen molar-refractivity contribution in [1.82, 2.24) is 4.90 Å². The van der Waals surface area contributed by atoms with E-state index in [9.17, 15) is 20.0 Å². The van der Waals surface area contributed by atoms with E-state index in [1.54, 1.807) is 23.1 Å². The molecule has 7 heteroatoms. The van der Waals surface area contributed by atoms with E-state index < -0.39 is 23.0 Å². The maximum Gasteiger partial charge on any atom is 0.321 e. The minimum atomic E-state index is -1.02. The number of aliphatic hydroxyl groups is 1. The highest BCUT2D eigenvalue weighted by Gasteiger charge is 2.36. The second kappa shape index (κ2) is 5.33. The number of β-amino-alcohol motifs (C(OH)–C–C–N with tert-alkyl or cyclic N) is 1. The van der Waals surface area contributed by atoms with E-state index in [1.807, 2.05) is 0 Å². The molecule has 0 spiro atoms. The van der Waals surface area contributed by atoms with Crippen LogP contribution in [-0.4, -0.2) is 44.7 Å². The molecular weight excluding hydrogens is 252 g/mol. The topological polar surface area (TPSA) is 104 Å². The van der Waals surface area contributed by atoms with Crippen molar-refractivity contribution >= 4 is 11.7 Å². The maximum absolute atomic E-state index is 11.1. The number of nitro groups is 1. The van der Waals surface area contributed by atoms with Crippen molar-refractivity contribution in [3.8, 4) is 0 Å². The molecule has 19 heavy (non-hydrogen) atoms. The molecule has 1 aliphatic rings. The predicted octanol–water partition coefficient (Wildman–Crippen LogP) is 0.615. The molecule has 2 unspecified atom stereocenters. The number of benzene rings is 1. The molecule has 1 aromatic carbocycles. The Kier molecular flexibility index (Phi) is 3.77. The first-order valence-electron chi connectivity index (χ1n) is 5.86. The van der Waals surface area contributed by atoms with Crippen LogP contribution in [0.3, 0.4) is 0 Å². The minimum absolute atomic E-state index is 0.0342. The molecule has 1 heterocycles. The number of hydrogen-bond acceptors (Lipinski definition) is 5. The largest absolute Gasteiger partial charge is 0.480 e. The molecule has 1 saturated heterocycles. The molecule has 2 rings (SSSR count). The van der Waals surface area contributed by atoms with E-state index in [1.165, 1.54) is 6.07 Å². The van der Waals surface area contributed by atoms with Gasteiger partial charge in [0.25, 0.3) is 5.69 Å². The molecule has 0 amide bonds. The van der Waals surface area contributed by atoms with Gasteiger partial charge in [0.1, 0.15) is 6.04 Å². The van der Waals surface area contributed by atoms with Crippen molar-refractivity contribution in [3.05, 3.63) is 39.9 Å². The second-order valence-electron chi connectivity index (χ2n) is 4.56. The summed E-state index contributed by atoms with van der Waals surface area (Å²) >= 11 is 0. The van der Waals surface area contributed by atoms with Crippen molar-refractivity contribution in [2.24, 2.45) is 0 Å². The van der Waals surface area contributed by atoms with Gasteiger partial charge in [0.05, 0.1) is 11.0 Å². The van der Waals surface area contributed by atoms with E-state index in [0.29, 0.717) is 5.56 Å². The number of para-hydroxylation sites is 1. The molecule has 2 N–H and O–H groups in total. The zero-order chi connectivity index (χ0) is 14.0. The summed E-state index contributed by atoms with van der Waals surface area (Å²) in [6, 6.07) is 5.42. The zero-order valence-electron chi connectivity index (χ0n) is 10.1. The zero-order valence-corrected chi connectivity index (χ0v) is 10.1. The minimum Gasteiger partial charge on any atom is -0.480 e. The van der Waals surface area contributed by atoms with E-state index in [-0.39, 0.29) is 25.2 Å². The number of carbonyl (C=O) groups is 1. The monoisotopic (exact) mass is 266 g/mol. The number of aliphatic carboxylic acids is 1. The Bertz CT molecular complexity index is 505. The van der Waals surface area contributed by atoms with Crippen LogP contribution in [0.1, 0.15) is 12.0 Å². The Labute approximate surface area is 109 Å². The van der Waals surface area contributed by atoms with E-state index >= 15 is 0 Å². The first kappa shape index (κ1) is 13.4. The number of hydrogen-bond donors (Lipinski definition) is 2. The third-order valence-corrected chi connectivity index (χ3v) is 3.23. The lowest BCUT2D eigenvalue weighted by Crippen LogP contribution is -2.35. The first-order chi connectivity index (χ1) is 8.99. The highest BCUT2D eigenvalue weighted by Crippen LogP contribution is 2.25. The van der Waals surface area contributed by atoms with Crippen LogP contribution < -0.4 is 0 Å². The Balaban J connectivity index is 2.21. The van der Waals surface area contributed by atoms with Crippen LogP contribution in [0.25, 0.3) is 0 Å². The number of carboxylic acid groups (broad SMARTS) is 1. The van der Waals surface area contributed by atoms with Crippen molar-refractivity contribution in [1.29, 1.82) is 0 Å². The summed E-state index contributed by atoms with van der Waals surface area (Å²) in [6.45, 7) is 0.355. The van der Waals surface area contributed by atoms with Gasteiger partial charge in [-0.25, -0.2) is 0 Å². The van der Waals surface area contributed by atoms with Gasteiger partial charge < -0.3 is 10.2 Å². The number of carboxylic acids is 1. The molecule has 0 aromatic heterocycles. The fourth-order valence-corrected chi connectivity index (χ4v) is 2.35. The Morgan fingerprint density at radius 3 is 2.79 bits per heavy atom. The summed E-state index contributed by atoms with van der Waals surface area (Å²) in [4.78, 5) is 23.0. The lowest BCUT2D eigenvalue weighted by atomic mass is 10.1. The summed E-state index contributed by atoms with van der Waals surface area (Å²) in [5.74, 6) is -1.02. The van der Waals surface area contributed by atoms with Crippen LogP contribution in [-0.2, 0) is 11.3 Å². The summed E-state index contributed by atoms with van der Waals surface area (Å²) < 4.78 is 0. The molecular formula is C12H14N2O5. The molecule has 102 valence electrons. The SMILES string of the molecule is O=C(O)C1CC(O)CN1Cc1ccccc1[N+](=O)[O-]. The molecule has 0 radical (unpaired) electrons. The van der Waals surface area contributed by atoms with E-state index in [4.69, 9.17) is 5.11 Å². The lowest BCUT2D eigenvalue weighted by Gasteiger charge is -2.20. The van der Waals surface area contributed by atoms with E-state index in [2.05, 4.69) is 0 Å². The van der Waals surface area contributed by atoms with Crippen molar-refractivity contribution < 1.29 is 19.9 Å². The second-order valence-corrected chi connectivity index (χ2v) is 4.56. The van der Waals surface area contributed by atoms with Crippen LogP contribution in [0.5, 0.6) is 0 Å². The van der Waals surface area contributed by atoms with Crippen molar-refractivity contribution in [3.63, 3.8) is 0 Å². The Morgan fingerprint density at radius 1 is 1.47 bits per heavy atom. The standard InChI is InChI=1S/C12H14N2O5/c15-9-5-11(12(16)17)13(7-9)6-8-3-1-2-4-10(8)14(18)19/h1-4,9,11,15H,5-7H2,(H,16,17). The molecule has 0 aliphatic carbocycles. The van der Waals surface area contributed by atoms with Gasteiger partial charge >= 0.3 is 5.97 Å². The van der Waals surface area contributed by atoms with Gasteiger partial charge in [-0.3, -0.25) is 19.8 Å². The fourth-order valence-electron chi connectivity index (χ4n) is 2.35. The van der Waals surface area contributed by atoms with Gasteiger partial charge in [0.15, 0.2) is 0 Å². The number of rotatable bonds is 4. The Morgan fingerprint density at radius 2 is 2.16 bits per heavy atom. The first-order valence-corrected chi connectivity index (χ1v) is 5.86. The van der Waals surface area contributed by atoms with Crippen molar-refractivity contribution in [2.75, 3.05) is 6.54 Å². The quantitative estimate of drug-likeness (QED) is 0.611. The number of nitrogens with zero attached hydrogens (tertiary/aromatic N) is 2. The molecule has 0 saturated carbocycles. The smallest absolute Gasteiger partial charge is 0.321 e. The number of nitro benzene ring substituents is 1. The molecule has 1 aromatic rings. The summed E-state index contributed by atoms with van der Waals surface area (Å²) in [5, 5.41) is 29.5. The third-order valence-electron chi connectivity index (χ3n) is 3.23. The average Bonchev–Trinajstić information content (AvgIpc) is 2.71. The third kappa shape index (κ3) is 2.88. The van der Waals surface area contributed by atoms with Crippen LogP contribution in [0.15, 0.2) is 24.3 Å². The number of aliphatic hydroxyl groups excluding tert-OH is 1. The number of likely N-dealkylation sites (tertiary alicyclic amines) is 1. The molecule has 1 fully saturated rings. The van der Waals surface area contributed by atoms with E-state index in [0.717, 1.165) is 0 Å². The van der Waals surface area contributed by atoms with Crippen molar-refractivity contribution in [2.45, 2.75) is 25.1 Å².